The van der Waals surface area contributed by atoms with Crippen molar-refractivity contribution < 1.29 is 19.1 Å². The van der Waals surface area contributed by atoms with Gasteiger partial charge in [-0.3, -0.25) is 9.59 Å². The van der Waals surface area contributed by atoms with Gasteiger partial charge < -0.3 is 9.47 Å². The molecule has 2 saturated carbocycles. The van der Waals surface area contributed by atoms with E-state index in [-0.39, 0.29) is 23.8 Å². The highest BCUT2D eigenvalue weighted by Crippen LogP contribution is 2.96. The van der Waals surface area contributed by atoms with Crippen LogP contribution in [-0.2, 0) is 40.7 Å². The topological polar surface area (TPSA) is 52.6 Å². The molecule has 4 nitrogen and oxygen atoms in total. The molecule has 0 aromatic heterocycles. The van der Waals surface area contributed by atoms with E-state index >= 15 is 9.59 Å². The quantitative estimate of drug-likeness (QED) is 0.130. The molecular formula is C68H12O4. The summed E-state index contributed by atoms with van der Waals surface area (Å²) in [5.41, 5.74) is 10.0. The van der Waals surface area contributed by atoms with Gasteiger partial charge in [0, 0.05) is 0 Å². The van der Waals surface area contributed by atoms with Crippen LogP contribution in [0.1, 0.15) is 58.4 Å². The van der Waals surface area contributed by atoms with E-state index < -0.39 is 21.7 Å². The number of hydrogen-bond acceptors (Lipinski definition) is 4. The zero-order chi connectivity index (χ0) is 43.5. The van der Waals surface area contributed by atoms with Crippen LogP contribution in [0, 0.1) is 11.8 Å². The molecule has 0 radical (unpaired) electrons. The Bertz CT molecular complexity index is 6160. The Kier molecular flexibility index (Phi) is 2.27. The first-order valence-corrected chi connectivity index (χ1v) is 27.0. The molecule has 24 aromatic carbocycles. The lowest BCUT2D eigenvalue weighted by molar-refractivity contribution is -0.146. The minimum atomic E-state index is -0.537. The van der Waals surface area contributed by atoms with Gasteiger partial charge in [0.15, 0.2) is 0 Å². The Morgan fingerprint density at radius 2 is 0.347 bits per heavy atom. The largest absolute Gasteiger partial charge is 0.466 e. The Labute approximate surface area is 392 Å². The Morgan fingerprint density at radius 1 is 0.236 bits per heavy atom. The third kappa shape index (κ3) is 1.34. The molecule has 0 aliphatic heterocycles. The lowest BCUT2D eigenvalue weighted by Crippen LogP contribution is -2.27. The summed E-state index contributed by atoms with van der Waals surface area (Å²) in [5.74, 6) is -0.605. The molecule has 34 rings (SSSR count). The molecule has 0 bridgehead atoms. The molecule has 10 aliphatic rings. The SMILES string of the molecule is CCOC(=O)C1C23c4c5c6c7c8c9c(c%10c%11c2c2c4c4c%12c5c5c6c6c8c8c%13c%14c%15c%16c%17c%18c%19c%20c%21c%22c%23c(c%14c%14c%24c%23c%23c%22c%22c%20c(c2c%22c%11c%23c%10c%24c9c%148)c4c%19c%12c%17c5c%16c%136)C%152C(C(=O)OCC)C%18%212)C713. The van der Waals surface area contributed by atoms with Crippen molar-refractivity contribution in [1.29, 1.82) is 0 Å². The summed E-state index contributed by atoms with van der Waals surface area (Å²) in [7, 11) is 0. The number of hydrogen-bond donors (Lipinski definition) is 0. The zero-order valence-corrected chi connectivity index (χ0v) is 37.2. The van der Waals surface area contributed by atoms with E-state index in [1.165, 1.54) is 303 Å². The number of rotatable bonds is 4. The second-order valence-corrected chi connectivity index (χ2v) is 26.6. The molecule has 4 heteroatoms. The maximum atomic E-state index is 16.0. The third-order valence-corrected chi connectivity index (χ3v) is 27.0. The predicted octanol–water partition coefficient (Wildman–Crippen LogP) is 15.2. The van der Waals surface area contributed by atoms with Crippen LogP contribution in [0.25, 0.3) is 259 Å². The Hall–Kier alpha value is -8.34. The van der Waals surface area contributed by atoms with Crippen molar-refractivity contribution in [3.8, 4) is 0 Å². The summed E-state index contributed by atoms with van der Waals surface area (Å²) in [6.45, 7) is 4.85. The zero-order valence-electron chi connectivity index (χ0n) is 37.2. The first-order chi connectivity index (χ1) is 35.7. The van der Waals surface area contributed by atoms with Crippen LogP contribution >= 0.6 is 0 Å². The van der Waals surface area contributed by atoms with Crippen molar-refractivity contribution in [1.82, 2.24) is 0 Å². The van der Waals surface area contributed by atoms with Crippen molar-refractivity contribution in [3.63, 3.8) is 0 Å². The second-order valence-electron chi connectivity index (χ2n) is 26.6. The van der Waals surface area contributed by atoms with Crippen LogP contribution in [0.3, 0.4) is 0 Å². The molecule has 10 aliphatic carbocycles. The van der Waals surface area contributed by atoms with Gasteiger partial charge in [-0.25, -0.2) is 0 Å². The summed E-state index contributed by atoms with van der Waals surface area (Å²) < 4.78 is 13.2. The van der Waals surface area contributed by atoms with Gasteiger partial charge in [-0.05, 0) is 317 Å². The summed E-state index contributed by atoms with van der Waals surface area (Å²) in [5, 5.41) is 72.9. The van der Waals surface area contributed by atoms with Gasteiger partial charge in [0.1, 0.15) is 0 Å². The molecule has 24 aromatic rings. The van der Waals surface area contributed by atoms with Gasteiger partial charge in [0.05, 0.1) is 46.7 Å². The number of benzene rings is 16. The monoisotopic (exact) mass is 892 g/mol. The van der Waals surface area contributed by atoms with E-state index in [9.17, 15) is 0 Å². The molecule has 0 heterocycles. The lowest BCUT2D eigenvalue weighted by Gasteiger charge is -2.33. The molecule has 2 fully saturated rings. The first-order valence-electron chi connectivity index (χ1n) is 27.0. The van der Waals surface area contributed by atoms with E-state index in [2.05, 4.69) is 0 Å². The molecule has 0 N–H and O–H groups in total. The van der Waals surface area contributed by atoms with E-state index in [0.717, 1.165) is 0 Å². The van der Waals surface area contributed by atoms with E-state index in [1.807, 2.05) is 13.8 Å². The fourth-order valence-corrected chi connectivity index (χ4v) is 27.5. The van der Waals surface area contributed by atoms with Crippen molar-refractivity contribution in [2.75, 3.05) is 13.2 Å². The van der Waals surface area contributed by atoms with Gasteiger partial charge >= 0.3 is 11.9 Å². The number of esters is 2. The van der Waals surface area contributed by atoms with Crippen LogP contribution < -0.4 is 0 Å². The average Bonchev–Trinajstić information content (AvgIpc) is 4.19. The van der Waals surface area contributed by atoms with Gasteiger partial charge in [-0.1, -0.05) is 0 Å². The van der Waals surface area contributed by atoms with Gasteiger partial charge in [0.25, 0.3) is 0 Å². The third-order valence-electron chi connectivity index (χ3n) is 27.0. The minimum absolute atomic E-state index is 0.0207. The van der Waals surface area contributed by atoms with Crippen LogP contribution in [-0.4, -0.2) is 25.2 Å². The molecule has 0 saturated heterocycles. The second kappa shape index (κ2) is 5.98. The normalized spacial score (nSPS) is 28.9. The first kappa shape index (κ1) is 27.3. The predicted molar refractivity (Wildman–Crippen MR) is 287 cm³/mol. The van der Waals surface area contributed by atoms with Gasteiger partial charge in [-0.2, -0.15) is 0 Å². The molecule has 0 unspecified atom stereocenters. The summed E-state index contributed by atoms with van der Waals surface area (Å²) in [6, 6.07) is 0. The number of carbonyl (C=O) groups is 2. The number of carbonyl (C=O) groups excluding carboxylic acids is 2. The molecule has 0 amide bonds. The van der Waals surface area contributed by atoms with Crippen LogP contribution in [0.4, 0.5) is 0 Å². The molecule has 4 spiro atoms. The fourth-order valence-electron chi connectivity index (χ4n) is 27.5. The summed E-state index contributed by atoms with van der Waals surface area (Å²) in [6.07, 6.45) is 0. The number of ether oxygens (including phenoxy) is 2. The summed E-state index contributed by atoms with van der Waals surface area (Å²) >= 11 is 0. The Balaban J connectivity index is 1.15. The van der Waals surface area contributed by atoms with Crippen molar-refractivity contribution in [3.05, 3.63) is 44.5 Å². The highest BCUT2D eigenvalue weighted by atomic mass is 16.5. The highest BCUT2D eigenvalue weighted by molar-refractivity contribution is 6.77. The highest BCUT2D eigenvalue weighted by Gasteiger charge is 2.91. The smallest absolute Gasteiger partial charge is 0.311 e. The maximum absolute atomic E-state index is 16.0. The van der Waals surface area contributed by atoms with Crippen LogP contribution in [0.15, 0.2) is 0 Å². The molecule has 72 heavy (non-hydrogen) atoms. The molecular weight excluding hydrogens is 881 g/mol. The molecule has 0 atom stereocenters. The Morgan fingerprint density at radius 3 is 0.458 bits per heavy atom. The lowest BCUT2D eigenvalue weighted by atomic mass is 9.67. The van der Waals surface area contributed by atoms with Crippen molar-refractivity contribution in [2.24, 2.45) is 11.8 Å². The summed E-state index contributed by atoms with van der Waals surface area (Å²) in [4.78, 5) is 32.0. The minimum Gasteiger partial charge on any atom is -0.466 e. The standard InChI is InChI=1S/C68H12O4/c1-3-71-63(69)61-65-53-37-21-5-7-25-13-9(21)29-17-19-31-11-15-27-8-6-23(11)39(55(65)47(31)45(29)53)40-24(6)12-16-28(8)44-43(27)59-51(35(15)19)49(33(13)17)57-41(25)42-26(7)14-10-22(5)38(37)54-46-30(10)18-20(32(12)48(46)56(40)66(54,61)65)36(16)52-50(34(14)18)58(42)68(60(44)52)62(67(57,59)68)64(70)72-4-2/h61-62H,3-4H2,1-2H3. The van der Waals surface area contributed by atoms with E-state index in [0.29, 0.717) is 13.2 Å². The maximum Gasteiger partial charge on any atom is 0.311 e. The van der Waals surface area contributed by atoms with Gasteiger partial charge in [0.2, 0.25) is 0 Å². The average molecular weight is 893 g/mol. The van der Waals surface area contributed by atoms with E-state index in [1.54, 1.807) is 0 Å². The van der Waals surface area contributed by atoms with Gasteiger partial charge in [-0.15, -0.1) is 0 Å². The molecule has 308 valence electrons. The van der Waals surface area contributed by atoms with Crippen LogP contribution in [0.2, 0.25) is 0 Å². The fraction of sp³-hybridized carbons (Fsp3) is 0.147. The van der Waals surface area contributed by atoms with Crippen LogP contribution in [0.5, 0.6) is 0 Å². The van der Waals surface area contributed by atoms with E-state index in [4.69, 9.17) is 9.47 Å². The van der Waals surface area contributed by atoms with Crippen molar-refractivity contribution in [2.45, 2.75) is 35.5 Å². The van der Waals surface area contributed by atoms with Crippen molar-refractivity contribution >= 4 is 270 Å².